The van der Waals surface area contributed by atoms with Crippen LogP contribution in [-0.4, -0.2) is 24.0 Å². The normalized spacial score (nSPS) is 10.7. The number of benzene rings is 1. The summed E-state index contributed by atoms with van der Waals surface area (Å²) in [7, 11) is 0. The molecule has 0 aromatic heterocycles. The van der Waals surface area contributed by atoms with Crippen molar-refractivity contribution < 1.29 is 4.79 Å². The van der Waals surface area contributed by atoms with Gasteiger partial charge >= 0.3 is 6.03 Å². The lowest BCUT2D eigenvalue weighted by molar-refractivity contribution is 0.202. The van der Waals surface area contributed by atoms with Gasteiger partial charge in [0, 0.05) is 25.3 Å². The number of carbonyl (C=O) groups excluding carboxylic acids is 1. The second kappa shape index (κ2) is 8.59. The van der Waals surface area contributed by atoms with Crippen LogP contribution in [0.5, 0.6) is 0 Å². The molecule has 2 amide bonds. The van der Waals surface area contributed by atoms with Gasteiger partial charge in [-0.1, -0.05) is 38.8 Å². The SMILES string of the molecule is CCC(CC)CN(CC)C(=O)Nc1cccc(CN)c1. The summed E-state index contributed by atoms with van der Waals surface area (Å²) in [5.41, 5.74) is 7.44. The number of carbonyl (C=O) groups is 1. The van der Waals surface area contributed by atoms with Gasteiger partial charge in [-0.05, 0) is 30.5 Å². The van der Waals surface area contributed by atoms with Crippen LogP contribution in [0.1, 0.15) is 39.2 Å². The summed E-state index contributed by atoms with van der Waals surface area (Å²) in [6.45, 7) is 8.37. The minimum absolute atomic E-state index is 0.0337. The molecule has 0 saturated carbocycles. The zero-order chi connectivity index (χ0) is 15.0. The Bertz CT molecular complexity index is 416. The molecule has 0 saturated heterocycles. The number of amides is 2. The second-order valence-electron chi connectivity index (χ2n) is 5.06. The molecule has 20 heavy (non-hydrogen) atoms. The summed E-state index contributed by atoms with van der Waals surface area (Å²) < 4.78 is 0. The van der Waals surface area contributed by atoms with Crippen molar-refractivity contribution in [1.29, 1.82) is 0 Å². The largest absolute Gasteiger partial charge is 0.326 e. The van der Waals surface area contributed by atoms with Crippen molar-refractivity contribution in [2.45, 2.75) is 40.2 Å². The fourth-order valence-corrected chi connectivity index (χ4v) is 2.19. The maximum Gasteiger partial charge on any atom is 0.321 e. The molecule has 1 aromatic rings. The molecule has 4 nitrogen and oxygen atoms in total. The van der Waals surface area contributed by atoms with Gasteiger partial charge in [0.25, 0.3) is 0 Å². The van der Waals surface area contributed by atoms with Crippen molar-refractivity contribution in [2.75, 3.05) is 18.4 Å². The predicted molar refractivity (Wildman–Crippen MR) is 84.7 cm³/mol. The molecule has 1 rings (SSSR count). The molecule has 4 heteroatoms. The minimum Gasteiger partial charge on any atom is -0.326 e. The van der Waals surface area contributed by atoms with Gasteiger partial charge in [-0.2, -0.15) is 0 Å². The predicted octanol–water partition coefficient (Wildman–Crippen LogP) is 3.44. The lowest BCUT2D eigenvalue weighted by Crippen LogP contribution is -2.38. The van der Waals surface area contributed by atoms with Gasteiger partial charge in [0.2, 0.25) is 0 Å². The first-order valence-corrected chi connectivity index (χ1v) is 7.49. The van der Waals surface area contributed by atoms with Crippen molar-refractivity contribution in [2.24, 2.45) is 11.7 Å². The summed E-state index contributed by atoms with van der Waals surface area (Å²) in [5, 5.41) is 2.95. The molecule has 0 aliphatic rings. The van der Waals surface area contributed by atoms with E-state index in [1.54, 1.807) is 0 Å². The number of hydrogen-bond donors (Lipinski definition) is 2. The van der Waals surface area contributed by atoms with Crippen LogP contribution < -0.4 is 11.1 Å². The maximum absolute atomic E-state index is 12.3. The van der Waals surface area contributed by atoms with Crippen molar-refractivity contribution in [3.8, 4) is 0 Å². The lowest BCUT2D eigenvalue weighted by Gasteiger charge is -2.25. The Morgan fingerprint density at radius 3 is 2.55 bits per heavy atom. The highest BCUT2D eigenvalue weighted by atomic mass is 16.2. The van der Waals surface area contributed by atoms with E-state index in [1.165, 1.54) is 0 Å². The van der Waals surface area contributed by atoms with E-state index in [0.717, 1.165) is 37.2 Å². The van der Waals surface area contributed by atoms with Crippen LogP contribution in [0.2, 0.25) is 0 Å². The number of hydrogen-bond acceptors (Lipinski definition) is 2. The van der Waals surface area contributed by atoms with E-state index < -0.39 is 0 Å². The van der Waals surface area contributed by atoms with Gasteiger partial charge in [-0.3, -0.25) is 0 Å². The molecule has 0 fully saturated rings. The highest BCUT2D eigenvalue weighted by Gasteiger charge is 2.15. The van der Waals surface area contributed by atoms with E-state index in [2.05, 4.69) is 19.2 Å². The summed E-state index contributed by atoms with van der Waals surface area (Å²) in [5.74, 6) is 0.566. The Kier molecular flexibility index (Phi) is 7.09. The Labute approximate surface area is 122 Å². The van der Waals surface area contributed by atoms with E-state index >= 15 is 0 Å². The highest BCUT2D eigenvalue weighted by Crippen LogP contribution is 2.13. The molecule has 112 valence electrons. The minimum atomic E-state index is -0.0337. The van der Waals surface area contributed by atoms with Crippen LogP contribution in [0.4, 0.5) is 10.5 Å². The van der Waals surface area contributed by atoms with Gasteiger partial charge < -0.3 is 16.0 Å². The number of anilines is 1. The fraction of sp³-hybridized carbons (Fsp3) is 0.562. The first-order valence-electron chi connectivity index (χ1n) is 7.49. The number of nitrogens with zero attached hydrogens (tertiary/aromatic N) is 1. The first-order chi connectivity index (χ1) is 9.64. The van der Waals surface area contributed by atoms with Crippen LogP contribution in [0, 0.1) is 5.92 Å². The van der Waals surface area contributed by atoms with E-state index in [1.807, 2.05) is 36.1 Å². The molecule has 0 heterocycles. The first kappa shape index (κ1) is 16.5. The van der Waals surface area contributed by atoms with E-state index in [9.17, 15) is 4.79 Å². The standard InChI is InChI=1S/C16H27N3O/c1-4-13(5-2)12-19(6-3)16(20)18-15-9-7-8-14(10-15)11-17/h7-10,13H,4-6,11-12,17H2,1-3H3,(H,18,20). The van der Waals surface area contributed by atoms with E-state index in [4.69, 9.17) is 5.73 Å². The Hall–Kier alpha value is -1.55. The van der Waals surface area contributed by atoms with Gasteiger partial charge in [0.05, 0.1) is 0 Å². The molecule has 3 N–H and O–H groups in total. The van der Waals surface area contributed by atoms with Crippen molar-refractivity contribution in [3.63, 3.8) is 0 Å². The molecule has 0 bridgehead atoms. The Morgan fingerprint density at radius 2 is 2.00 bits per heavy atom. The van der Waals surface area contributed by atoms with Crippen molar-refractivity contribution in [3.05, 3.63) is 29.8 Å². The van der Waals surface area contributed by atoms with Gasteiger partial charge in [-0.25, -0.2) is 4.79 Å². The van der Waals surface area contributed by atoms with Crippen LogP contribution in [0.3, 0.4) is 0 Å². The Balaban J connectivity index is 2.66. The van der Waals surface area contributed by atoms with Gasteiger partial charge in [0.1, 0.15) is 0 Å². The monoisotopic (exact) mass is 277 g/mol. The molecule has 0 aliphatic carbocycles. The molecule has 0 unspecified atom stereocenters. The molecule has 1 aromatic carbocycles. The third-order valence-corrected chi connectivity index (χ3v) is 3.72. The summed E-state index contributed by atoms with van der Waals surface area (Å²) in [6.07, 6.45) is 2.20. The fourth-order valence-electron chi connectivity index (χ4n) is 2.19. The van der Waals surface area contributed by atoms with E-state index in [-0.39, 0.29) is 6.03 Å². The summed E-state index contributed by atoms with van der Waals surface area (Å²) in [4.78, 5) is 14.2. The van der Waals surface area contributed by atoms with Crippen molar-refractivity contribution in [1.82, 2.24) is 4.90 Å². The quantitative estimate of drug-likeness (QED) is 0.802. The summed E-state index contributed by atoms with van der Waals surface area (Å²) >= 11 is 0. The number of nitrogens with one attached hydrogen (secondary N) is 1. The average Bonchev–Trinajstić information content (AvgIpc) is 2.48. The van der Waals surface area contributed by atoms with Gasteiger partial charge in [0.15, 0.2) is 0 Å². The zero-order valence-electron chi connectivity index (χ0n) is 12.9. The molecule has 0 aliphatic heterocycles. The van der Waals surface area contributed by atoms with E-state index in [0.29, 0.717) is 12.5 Å². The summed E-state index contributed by atoms with van der Waals surface area (Å²) in [6, 6.07) is 7.64. The van der Waals surface area contributed by atoms with Crippen LogP contribution in [0.15, 0.2) is 24.3 Å². The molecule has 0 radical (unpaired) electrons. The molecular formula is C16H27N3O. The number of rotatable bonds is 7. The molecule has 0 spiro atoms. The van der Waals surface area contributed by atoms with Crippen molar-refractivity contribution >= 4 is 11.7 Å². The van der Waals surface area contributed by atoms with Gasteiger partial charge in [-0.15, -0.1) is 0 Å². The zero-order valence-corrected chi connectivity index (χ0v) is 12.9. The maximum atomic E-state index is 12.3. The topological polar surface area (TPSA) is 58.4 Å². The third-order valence-electron chi connectivity index (χ3n) is 3.72. The Morgan fingerprint density at radius 1 is 1.30 bits per heavy atom. The third kappa shape index (κ3) is 4.85. The number of urea groups is 1. The smallest absolute Gasteiger partial charge is 0.321 e. The molecule has 0 atom stereocenters. The number of nitrogens with two attached hydrogens (primary N) is 1. The second-order valence-corrected chi connectivity index (χ2v) is 5.06. The lowest BCUT2D eigenvalue weighted by atomic mass is 10.0. The highest BCUT2D eigenvalue weighted by molar-refractivity contribution is 5.89. The van der Waals surface area contributed by atoms with Crippen LogP contribution in [-0.2, 0) is 6.54 Å². The van der Waals surface area contributed by atoms with Crippen LogP contribution in [0.25, 0.3) is 0 Å². The average molecular weight is 277 g/mol. The van der Waals surface area contributed by atoms with Crippen LogP contribution >= 0.6 is 0 Å². The molecular weight excluding hydrogens is 250 g/mol.